The van der Waals surface area contributed by atoms with E-state index in [9.17, 15) is 18.0 Å². The summed E-state index contributed by atoms with van der Waals surface area (Å²) in [4.78, 5) is 27.7. The molecular formula is C27H27N5O4S. The van der Waals surface area contributed by atoms with Crippen molar-refractivity contribution in [3.8, 4) is 6.07 Å². The van der Waals surface area contributed by atoms with Crippen molar-refractivity contribution in [2.24, 2.45) is 0 Å². The van der Waals surface area contributed by atoms with E-state index in [-0.39, 0.29) is 31.1 Å². The third-order valence-electron chi connectivity index (χ3n) is 6.12. The first-order chi connectivity index (χ1) is 17.8. The molecule has 190 valence electrons. The van der Waals surface area contributed by atoms with E-state index in [0.717, 1.165) is 15.4 Å². The molecule has 37 heavy (non-hydrogen) atoms. The van der Waals surface area contributed by atoms with Crippen LogP contribution in [-0.2, 0) is 21.4 Å². The normalized spacial score (nSPS) is 16.0. The van der Waals surface area contributed by atoms with Crippen molar-refractivity contribution in [1.82, 2.24) is 14.5 Å². The Morgan fingerprint density at radius 1 is 0.973 bits per heavy atom. The summed E-state index contributed by atoms with van der Waals surface area (Å²) in [6.45, 7) is 2.09. The molecule has 0 saturated carbocycles. The summed E-state index contributed by atoms with van der Waals surface area (Å²) >= 11 is 0. The van der Waals surface area contributed by atoms with E-state index in [1.807, 2.05) is 55.5 Å². The van der Waals surface area contributed by atoms with Gasteiger partial charge in [-0.3, -0.25) is 4.79 Å². The lowest BCUT2D eigenvalue weighted by Gasteiger charge is -2.39. The molecule has 0 aromatic heterocycles. The van der Waals surface area contributed by atoms with E-state index in [0.29, 0.717) is 11.3 Å². The van der Waals surface area contributed by atoms with Gasteiger partial charge < -0.3 is 15.5 Å². The van der Waals surface area contributed by atoms with Crippen molar-refractivity contribution < 1.29 is 18.0 Å². The second kappa shape index (κ2) is 11.2. The number of amides is 3. The SMILES string of the molecule is Cc1ccc(NC(=O)N2CCN(S(=O)(=O)c3ccc(C#N)cc3)C(C(=O)NCc3ccccc3)C2)cc1. The zero-order valence-electron chi connectivity index (χ0n) is 20.3. The number of carbonyl (C=O) groups excluding carboxylic acids is 2. The number of hydrogen-bond donors (Lipinski definition) is 2. The maximum atomic E-state index is 13.5. The Labute approximate surface area is 216 Å². The number of sulfonamides is 1. The fraction of sp³-hybridized carbons (Fsp3) is 0.222. The Kier molecular flexibility index (Phi) is 7.86. The van der Waals surface area contributed by atoms with Crippen molar-refractivity contribution >= 4 is 27.6 Å². The quantitative estimate of drug-likeness (QED) is 0.520. The minimum absolute atomic E-state index is 0.0232. The molecule has 1 aliphatic heterocycles. The van der Waals surface area contributed by atoms with Gasteiger partial charge in [-0.25, -0.2) is 13.2 Å². The molecule has 3 aromatic rings. The molecule has 0 aliphatic carbocycles. The number of carbonyl (C=O) groups is 2. The van der Waals surface area contributed by atoms with Gasteiger partial charge in [0.05, 0.1) is 16.5 Å². The van der Waals surface area contributed by atoms with Gasteiger partial charge in [-0.1, -0.05) is 48.0 Å². The summed E-state index contributed by atoms with van der Waals surface area (Å²) in [6, 6.07) is 22.5. The van der Waals surface area contributed by atoms with Gasteiger partial charge in [0.15, 0.2) is 0 Å². The molecule has 1 fully saturated rings. The van der Waals surface area contributed by atoms with Gasteiger partial charge in [0.1, 0.15) is 6.04 Å². The largest absolute Gasteiger partial charge is 0.351 e. The van der Waals surface area contributed by atoms with Crippen LogP contribution in [0.3, 0.4) is 0 Å². The van der Waals surface area contributed by atoms with Crippen molar-refractivity contribution in [1.29, 1.82) is 5.26 Å². The number of piperazine rings is 1. The Morgan fingerprint density at radius 3 is 2.30 bits per heavy atom. The summed E-state index contributed by atoms with van der Waals surface area (Å²) in [5.74, 6) is -0.506. The molecule has 1 unspecified atom stereocenters. The van der Waals surface area contributed by atoms with Crippen LogP contribution >= 0.6 is 0 Å². The first-order valence-electron chi connectivity index (χ1n) is 11.7. The first-order valence-corrected chi connectivity index (χ1v) is 13.2. The molecule has 3 amide bonds. The van der Waals surface area contributed by atoms with Gasteiger partial charge in [0.25, 0.3) is 0 Å². The van der Waals surface area contributed by atoms with Gasteiger partial charge in [0, 0.05) is 31.9 Å². The summed E-state index contributed by atoms with van der Waals surface area (Å²) in [5.41, 5.74) is 2.85. The third-order valence-corrected chi connectivity index (χ3v) is 8.05. The average Bonchev–Trinajstić information content (AvgIpc) is 2.93. The highest BCUT2D eigenvalue weighted by molar-refractivity contribution is 7.89. The van der Waals surface area contributed by atoms with E-state index in [4.69, 9.17) is 5.26 Å². The zero-order chi connectivity index (χ0) is 26.4. The lowest BCUT2D eigenvalue weighted by atomic mass is 10.1. The zero-order valence-corrected chi connectivity index (χ0v) is 21.1. The van der Waals surface area contributed by atoms with Crippen LogP contribution < -0.4 is 10.6 Å². The van der Waals surface area contributed by atoms with Gasteiger partial charge >= 0.3 is 6.03 Å². The Bertz CT molecular complexity index is 1400. The molecule has 10 heteroatoms. The average molecular weight is 518 g/mol. The van der Waals surface area contributed by atoms with Crippen LogP contribution in [-0.4, -0.2) is 55.2 Å². The maximum Gasteiger partial charge on any atom is 0.321 e. The fourth-order valence-electron chi connectivity index (χ4n) is 4.03. The first kappa shape index (κ1) is 25.9. The summed E-state index contributed by atoms with van der Waals surface area (Å²) < 4.78 is 28.2. The number of benzene rings is 3. The molecule has 4 rings (SSSR count). The van der Waals surface area contributed by atoms with Crippen molar-refractivity contribution in [3.63, 3.8) is 0 Å². The number of nitriles is 1. The van der Waals surface area contributed by atoms with Crippen molar-refractivity contribution in [2.75, 3.05) is 25.0 Å². The van der Waals surface area contributed by atoms with Gasteiger partial charge in [-0.05, 0) is 48.9 Å². The highest BCUT2D eigenvalue weighted by Crippen LogP contribution is 2.23. The molecule has 1 atom stereocenters. The molecule has 1 heterocycles. The molecule has 1 aliphatic rings. The number of nitrogens with one attached hydrogen (secondary N) is 2. The molecular weight excluding hydrogens is 490 g/mol. The summed E-state index contributed by atoms with van der Waals surface area (Å²) in [6.07, 6.45) is 0. The van der Waals surface area contributed by atoms with E-state index < -0.39 is 28.0 Å². The summed E-state index contributed by atoms with van der Waals surface area (Å²) in [7, 11) is -4.07. The third kappa shape index (κ3) is 6.14. The topological polar surface area (TPSA) is 123 Å². The van der Waals surface area contributed by atoms with Crippen LogP contribution in [0.5, 0.6) is 0 Å². The molecule has 1 saturated heterocycles. The van der Waals surface area contributed by atoms with Gasteiger partial charge in [-0.15, -0.1) is 0 Å². The van der Waals surface area contributed by atoms with E-state index >= 15 is 0 Å². The number of urea groups is 1. The number of hydrogen-bond acceptors (Lipinski definition) is 5. The number of anilines is 1. The molecule has 9 nitrogen and oxygen atoms in total. The van der Waals surface area contributed by atoms with Crippen molar-refractivity contribution in [3.05, 3.63) is 95.6 Å². The standard InChI is InChI=1S/C27H27N5O4S/c1-20-7-11-23(12-8-20)30-27(34)31-15-16-32(37(35,36)24-13-9-21(17-28)10-14-24)25(19-31)26(33)29-18-22-5-3-2-4-6-22/h2-14,25H,15-16,18-19H2,1H3,(H,29,33)(H,30,34). The monoisotopic (exact) mass is 517 g/mol. The maximum absolute atomic E-state index is 13.5. The Morgan fingerprint density at radius 2 is 1.65 bits per heavy atom. The number of nitrogens with zero attached hydrogens (tertiary/aromatic N) is 3. The minimum Gasteiger partial charge on any atom is -0.351 e. The van der Waals surface area contributed by atoms with Gasteiger partial charge in [0.2, 0.25) is 15.9 Å². The molecule has 3 aromatic carbocycles. The van der Waals surface area contributed by atoms with Gasteiger partial charge in [-0.2, -0.15) is 9.57 Å². The van der Waals surface area contributed by atoms with Crippen LogP contribution in [0.2, 0.25) is 0 Å². The molecule has 2 N–H and O–H groups in total. The minimum atomic E-state index is -4.07. The van der Waals surface area contributed by atoms with E-state index in [1.165, 1.54) is 29.2 Å². The predicted molar refractivity (Wildman–Crippen MR) is 139 cm³/mol. The summed E-state index contributed by atoms with van der Waals surface area (Å²) in [5, 5.41) is 14.7. The second-order valence-corrected chi connectivity index (χ2v) is 10.6. The van der Waals surface area contributed by atoms with Crippen LogP contribution in [0.25, 0.3) is 0 Å². The van der Waals surface area contributed by atoms with Crippen LogP contribution in [0, 0.1) is 18.3 Å². The van der Waals surface area contributed by atoms with Crippen molar-refractivity contribution in [2.45, 2.75) is 24.4 Å². The highest BCUT2D eigenvalue weighted by Gasteiger charge is 2.41. The van der Waals surface area contributed by atoms with E-state index in [1.54, 1.807) is 12.1 Å². The molecule has 0 spiro atoms. The van der Waals surface area contributed by atoms with Crippen LogP contribution in [0.15, 0.2) is 83.8 Å². The smallest absolute Gasteiger partial charge is 0.321 e. The van der Waals surface area contributed by atoms with Crippen LogP contribution in [0.4, 0.5) is 10.5 Å². The highest BCUT2D eigenvalue weighted by atomic mass is 32.2. The molecule has 0 radical (unpaired) electrons. The second-order valence-electron chi connectivity index (χ2n) is 8.71. The lowest BCUT2D eigenvalue weighted by molar-refractivity contribution is -0.126. The Balaban J connectivity index is 1.56. The number of rotatable bonds is 6. The van der Waals surface area contributed by atoms with E-state index in [2.05, 4.69) is 10.6 Å². The van der Waals surface area contributed by atoms with Crippen LogP contribution in [0.1, 0.15) is 16.7 Å². The fourth-order valence-corrected chi connectivity index (χ4v) is 5.60. The number of aryl methyl sites for hydroxylation is 1. The molecule has 0 bridgehead atoms. The Hall–Kier alpha value is -4.20. The lowest BCUT2D eigenvalue weighted by Crippen LogP contribution is -2.61. The predicted octanol–water partition coefficient (Wildman–Crippen LogP) is 3.09.